The third kappa shape index (κ3) is 6.11. The first kappa shape index (κ1) is 29.4. The van der Waals surface area contributed by atoms with Crippen LogP contribution in [0.3, 0.4) is 0 Å². The lowest BCUT2D eigenvalue weighted by Gasteiger charge is -2.55. The topological polar surface area (TPSA) is 29.5 Å². The number of hydrogen-bond acceptors (Lipinski definition) is 2. The minimum absolute atomic E-state index is 0.162. The van der Waals surface area contributed by atoms with Crippen molar-refractivity contribution in [2.45, 2.75) is 117 Å². The maximum atomic E-state index is 12.3. The van der Waals surface area contributed by atoms with Gasteiger partial charge in [0.2, 0.25) is 0 Å². The summed E-state index contributed by atoms with van der Waals surface area (Å²) in [6, 6.07) is 0. The van der Waals surface area contributed by atoms with Gasteiger partial charge in [0.1, 0.15) is 0 Å². The van der Waals surface area contributed by atoms with Crippen molar-refractivity contribution in [2.75, 3.05) is 6.61 Å². The number of terminal acetylenes is 1. The summed E-state index contributed by atoms with van der Waals surface area (Å²) in [6.45, 7) is 23.5. The van der Waals surface area contributed by atoms with Gasteiger partial charge in [-0.2, -0.15) is 0 Å². The van der Waals surface area contributed by atoms with Gasteiger partial charge < -0.3 is 9.53 Å². The molecule has 0 aromatic heterocycles. The van der Waals surface area contributed by atoms with E-state index in [0.29, 0.717) is 36.0 Å². The second-order valence-electron chi connectivity index (χ2n) is 13.3. The molecule has 2 saturated carbocycles. The van der Waals surface area contributed by atoms with E-state index in [1.165, 1.54) is 12.8 Å². The van der Waals surface area contributed by atoms with E-state index in [2.05, 4.69) is 79.3 Å². The minimum atomic E-state index is -1.76. The minimum Gasteiger partial charge on any atom is -0.417 e. The van der Waals surface area contributed by atoms with Crippen molar-refractivity contribution < 1.29 is 9.53 Å². The maximum Gasteiger partial charge on any atom is 0.191 e. The van der Waals surface area contributed by atoms with E-state index in [4.69, 9.17) is 10.8 Å². The monoisotopic (exact) mass is 486 g/mol. The quantitative estimate of drug-likeness (QED) is 0.180. The average Bonchev–Trinajstić information content (AvgIpc) is 3.10. The summed E-state index contributed by atoms with van der Waals surface area (Å²) in [7, 11) is -1.76. The van der Waals surface area contributed by atoms with E-state index >= 15 is 0 Å². The van der Waals surface area contributed by atoms with Crippen LogP contribution in [0.15, 0.2) is 24.8 Å². The highest BCUT2D eigenvalue weighted by Gasteiger charge is 2.60. The lowest BCUT2D eigenvalue weighted by molar-refractivity contribution is -0.151. The van der Waals surface area contributed by atoms with Crippen molar-refractivity contribution in [1.82, 2.24) is 0 Å². The molecule has 194 valence electrons. The Hall–Kier alpha value is -0.823. The van der Waals surface area contributed by atoms with Gasteiger partial charge in [-0.1, -0.05) is 52.8 Å². The number of allylic oxidation sites excluding steroid dienone is 2. The van der Waals surface area contributed by atoms with Crippen molar-refractivity contribution in [1.29, 1.82) is 0 Å². The number of aliphatic hydroxyl groups is 1. The molecule has 2 rings (SSSR count). The molecule has 0 radical (unpaired) electrons. The highest BCUT2D eigenvalue weighted by molar-refractivity contribution is 6.74. The van der Waals surface area contributed by atoms with Crippen molar-refractivity contribution >= 4 is 8.32 Å². The van der Waals surface area contributed by atoms with E-state index in [-0.39, 0.29) is 10.5 Å². The van der Waals surface area contributed by atoms with Crippen LogP contribution in [0.2, 0.25) is 18.1 Å². The van der Waals surface area contributed by atoms with Gasteiger partial charge in [0.05, 0.1) is 5.60 Å². The molecule has 0 saturated heterocycles. The van der Waals surface area contributed by atoms with Gasteiger partial charge in [-0.3, -0.25) is 0 Å². The summed E-state index contributed by atoms with van der Waals surface area (Å²) in [5, 5.41) is 12.5. The Morgan fingerprint density at radius 3 is 2.50 bits per heavy atom. The summed E-state index contributed by atoms with van der Waals surface area (Å²) in [6.07, 6.45) is 20.1. The molecular weight excluding hydrogens is 432 g/mol. The molecule has 0 aromatic carbocycles. The van der Waals surface area contributed by atoms with E-state index in [9.17, 15) is 5.11 Å². The first-order valence-corrected chi connectivity index (χ1v) is 16.7. The second kappa shape index (κ2) is 11.5. The first-order chi connectivity index (χ1) is 15.8. The molecule has 7 atom stereocenters. The molecule has 2 aliphatic carbocycles. The van der Waals surface area contributed by atoms with Crippen LogP contribution in [-0.4, -0.2) is 25.6 Å². The fourth-order valence-electron chi connectivity index (χ4n) is 7.09. The zero-order valence-electron chi connectivity index (χ0n) is 23.6. The Balaban J connectivity index is 2.21. The van der Waals surface area contributed by atoms with Gasteiger partial charge in [-0.15, -0.1) is 18.9 Å². The van der Waals surface area contributed by atoms with Crippen molar-refractivity contribution in [3.63, 3.8) is 0 Å². The predicted octanol–water partition coefficient (Wildman–Crippen LogP) is 8.39. The molecule has 34 heavy (non-hydrogen) atoms. The molecule has 2 unspecified atom stereocenters. The van der Waals surface area contributed by atoms with Crippen molar-refractivity contribution in [2.24, 2.45) is 35.0 Å². The molecule has 2 fully saturated rings. The Labute approximate surface area is 213 Å². The van der Waals surface area contributed by atoms with Gasteiger partial charge in [0, 0.05) is 13.0 Å². The van der Waals surface area contributed by atoms with E-state index in [0.717, 1.165) is 38.7 Å². The molecule has 0 spiro atoms. The van der Waals surface area contributed by atoms with Gasteiger partial charge in [-0.25, -0.2) is 0 Å². The lowest BCUT2D eigenvalue weighted by atomic mass is 9.53. The molecular formula is C31H54O2Si. The molecule has 0 aromatic rings. The number of hydrogen-bond donors (Lipinski definition) is 1. The van der Waals surface area contributed by atoms with Gasteiger partial charge >= 0.3 is 0 Å². The summed E-state index contributed by atoms with van der Waals surface area (Å²) >= 11 is 0. The smallest absolute Gasteiger partial charge is 0.191 e. The second-order valence-corrected chi connectivity index (χ2v) is 18.1. The lowest BCUT2D eigenvalue weighted by Crippen LogP contribution is -2.55. The maximum absolute atomic E-state index is 12.3. The van der Waals surface area contributed by atoms with Crippen LogP contribution in [-0.2, 0) is 4.43 Å². The van der Waals surface area contributed by atoms with Crippen molar-refractivity contribution in [3.05, 3.63) is 24.8 Å². The van der Waals surface area contributed by atoms with Crippen molar-refractivity contribution in [3.8, 4) is 12.3 Å². The van der Waals surface area contributed by atoms with Gasteiger partial charge in [0.25, 0.3) is 0 Å². The highest BCUT2D eigenvalue weighted by Crippen LogP contribution is 2.63. The highest BCUT2D eigenvalue weighted by atomic mass is 28.4. The zero-order valence-corrected chi connectivity index (χ0v) is 24.6. The molecule has 2 nitrogen and oxygen atoms in total. The fraction of sp³-hybridized carbons (Fsp3) is 0.806. The molecule has 0 amide bonds. The Kier molecular flexibility index (Phi) is 9.94. The summed E-state index contributed by atoms with van der Waals surface area (Å²) in [5.74, 6) is 5.07. The summed E-state index contributed by atoms with van der Waals surface area (Å²) < 4.78 is 6.67. The van der Waals surface area contributed by atoms with E-state index in [1.54, 1.807) is 0 Å². The SMILES string of the molecule is C#CCC(C/C=C/C)C[C@@H]1CC[C@@]2(C)C(CC[C@@H]2[C@H](C)CO[Si](C)(C)C(C)(C)C)[C@]1(O)CC=C. The molecule has 0 bridgehead atoms. The van der Waals surface area contributed by atoms with E-state index in [1.807, 2.05) is 6.08 Å². The Morgan fingerprint density at radius 2 is 1.94 bits per heavy atom. The van der Waals surface area contributed by atoms with Crippen LogP contribution in [0.4, 0.5) is 0 Å². The van der Waals surface area contributed by atoms with Crippen LogP contribution in [0, 0.1) is 47.3 Å². The van der Waals surface area contributed by atoms with Crippen LogP contribution in [0.25, 0.3) is 0 Å². The van der Waals surface area contributed by atoms with Gasteiger partial charge in [-0.05, 0) is 105 Å². The van der Waals surface area contributed by atoms with Crippen LogP contribution < -0.4 is 0 Å². The predicted molar refractivity (Wildman–Crippen MR) is 150 cm³/mol. The molecule has 0 aliphatic heterocycles. The van der Waals surface area contributed by atoms with Crippen LogP contribution >= 0.6 is 0 Å². The third-order valence-electron chi connectivity index (χ3n) is 10.2. The third-order valence-corrected chi connectivity index (χ3v) is 14.7. The normalized spacial score (nSPS) is 33.9. The number of rotatable bonds is 11. The van der Waals surface area contributed by atoms with Crippen LogP contribution in [0.5, 0.6) is 0 Å². The summed E-state index contributed by atoms with van der Waals surface area (Å²) in [4.78, 5) is 0. The average molecular weight is 487 g/mol. The zero-order chi connectivity index (χ0) is 25.8. The van der Waals surface area contributed by atoms with Crippen LogP contribution in [0.1, 0.15) is 92.9 Å². The molecule has 0 heterocycles. The fourth-order valence-corrected chi connectivity index (χ4v) is 8.21. The van der Waals surface area contributed by atoms with Gasteiger partial charge in [0.15, 0.2) is 8.32 Å². The standard InChI is InChI=1S/C31H54O2Si/c1-11-14-16-25(15-12-2)22-26-19-21-30(8)27(17-18-28(30)31(26,32)20-13-3)24(4)23-33-34(9,10)29(5,6)7/h2,11,13-14,24-28,32H,3,15-23H2,1,4-10H3/b14-11+/t24-,25?,26+,27-,28?,30-,31+/m1/s1. The summed E-state index contributed by atoms with van der Waals surface area (Å²) in [5.41, 5.74) is -0.512. The Morgan fingerprint density at radius 1 is 1.26 bits per heavy atom. The first-order valence-electron chi connectivity index (χ1n) is 13.8. The Bertz CT molecular complexity index is 742. The number of fused-ring (bicyclic) bond motifs is 1. The molecule has 2 aliphatic rings. The largest absolute Gasteiger partial charge is 0.417 e. The molecule has 1 N–H and O–H groups in total. The molecule has 3 heteroatoms. The van der Waals surface area contributed by atoms with E-state index < -0.39 is 13.9 Å².